The molecule has 0 saturated carbocycles. The van der Waals surface area contributed by atoms with Gasteiger partial charge in [0.15, 0.2) is 0 Å². The van der Waals surface area contributed by atoms with Crippen molar-refractivity contribution < 1.29 is 4.79 Å². The van der Waals surface area contributed by atoms with Gasteiger partial charge in [0, 0.05) is 31.7 Å². The van der Waals surface area contributed by atoms with Gasteiger partial charge in [-0.1, -0.05) is 13.8 Å². The molecule has 18 heavy (non-hydrogen) atoms. The van der Waals surface area contributed by atoms with Crippen molar-refractivity contribution in [2.24, 2.45) is 5.73 Å². The van der Waals surface area contributed by atoms with Crippen LogP contribution in [0.25, 0.3) is 0 Å². The van der Waals surface area contributed by atoms with E-state index >= 15 is 0 Å². The molecular weight excluding hydrogens is 226 g/mol. The van der Waals surface area contributed by atoms with Gasteiger partial charge in [-0.15, -0.1) is 0 Å². The summed E-state index contributed by atoms with van der Waals surface area (Å²) in [4.78, 5) is 16.8. The van der Waals surface area contributed by atoms with E-state index in [4.69, 9.17) is 5.73 Å². The number of hydrogen-bond donors (Lipinski definition) is 1. The van der Waals surface area contributed by atoms with E-state index < -0.39 is 5.54 Å². The zero-order valence-electron chi connectivity index (χ0n) is 12.6. The highest BCUT2D eigenvalue weighted by molar-refractivity contribution is 5.86. The van der Waals surface area contributed by atoms with Crippen molar-refractivity contribution in [1.29, 1.82) is 0 Å². The topological polar surface area (TPSA) is 49.6 Å². The molecule has 0 unspecified atom stereocenters. The van der Waals surface area contributed by atoms with Crippen molar-refractivity contribution in [3.05, 3.63) is 0 Å². The molecule has 2 N–H and O–H groups in total. The van der Waals surface area contributed by atoms with Gasteiger partial charge in [0.1, 0.15) is 0 Å². The molecule has 1 rings (SSSR count). The maximum Gasteiger partial charge on any atom is 0.242 e. The summed E-state index contributed by atoms with van der Waals surface area (Å²) in [6.45, 7) is 14.1. The van der Waals surface area contributed by atoms with Gasteiger partial charge in [0.05, 0.1) is 5.54 Å². The molecule has 0 radical (unpaired) electrons. The Labute approximate surface area is 111 Å². The lowest BCUT2D eigenvalue weighted by Crippen LogP contribution is -2.61. The van der Waals surface area contributed by atoms with Crippen molar-refractivity contribution in [2.45, 2.75) is 58.5 Å². The van der Waals surface area contributed by atoms with E-state index in [-0.39, 0.29) is 11.4 Å². The minimum Gasteiger partial charge on any atom is -0.339 e. The number of nitrogens with two attached hydrogens (primary N) is 1. The van der Waals surface area contributed by atoms with Gasteiger partial charge in [-0.25, -0.2) is 0 Å². The largest absolute Gasteiger partial charge is 0.339 e. The molecule has 0 bridgehead atoms. The SMILES string of the molecule is CCC(N)(CC)C(=O)N1CCN(C(C)(C)C)CC1. The van der Waals surface area contributed by atoms with E-state index in [0.29, 0.717) is 12.8 Å². The molecule has 1 amide bonds. The normalized spacial score (nSPS) is 19.1. The molecule has 1 aliphatic heterocycles. The monoisotopic (exact) mass is 255 g/mol. The molecule has 1 saturated heterocycles. The standard InChI is InChI=1S/C14H29N3O/c1-6-14(15,7-2)12(18)16-8-10-17(11-9-16)13(3,4)5/h6-11,15H2,1-5H3. The van der Waals surface area contributed by atoms with Crippen molar-refractivity contribution in [1.82, 2.24) is 9.80 Å². The Bertz CT molecular complexity index is 284. The van der Waals surface area contributed by atoms with Gasteiger partial charge >= 0.3 is 0 Å². The van der Waals surface area contributed by atoms with Gasteiger partial charge in [0.25, 0.3) is 0 Å². The summed E-state index contributed by atoms with van der Waals surface area (Å²) >= 11 is 0. The highest BCUT2D eigenvalue weighted by Crippen LogP contribution is 2.20. The third-order valence-electron chi connectivity index (χ3n) is 4.20. The molecule has 106 valence electrons. The third-order valence-corrected chi connectivity index (χ3v) is 4.20. The molecule has 1 aliphatic rings. The highest BCUT2D eigenvalue weighted by atomic mass is 16.2. The average molecular weight is 255 g/mol. The van der Waals surface area contributed by atoms with Crippen LogP contribution in [0.3, 0.4) is 0 Å². The maximum atomic E-state index is 12.4. The summed E-state index contributed by atoms with van der Waals surface area (Å²) in [6, 6.07) is 0. The molecule has 0 atom stereocenters. The highest BCUT2D eigenvalue weighted by Gasteiger charge is 2.36. The van der Waals surface area contributed by atoms with Crippen molar-refractivity contribution >= 4 is 5.91 Å². The molecule has 0 spiro atoms. The van der Waals surface area contributed by atoms with Crippen molar-refractivity contribution in [3.63, 3.8) is 0 Å². The Morgan fingerprint density at radius 2 is 1.50 bits per heavy atom. The predicted octanol–water partition coefficient (Wildman–Crippen LogP) is 1.45. The van der Waals surface area contributed by atoms with Crippen LogP contribution in [0.2, 0.25) is 0 Å². The van der Waals surface area contributed by atoms with Crippen molar-refractivity contribution in [3.8, 4) is 0 Å². The smallest absolute Gasteiger partial charge is 0.242 e. The first-order valence-corrected chi connectivity index (χ1v) is 7.08. The molecule has 1 heterocycles. The molecule has 0 aromatic heterocycles. The van der Waals surface area contributed by atoms with E-state index in [1.807, 2.05) is 18.7 Å². The van der Waals surface area contributed by atoms with Gasteiger partial charge in [-0.3, -0.25) is 9.69 Å². The van der Waals surface area contributed by atoms with Crippen LogP contribution >= 0.6 is 0 Å². The molecule has 4 heteroatoms. The van der Waals surface area contributed by atoms with Crippen LogP contribution in [0.1, 0.15) is 47.5 Å². The van der Waals surface area contributed by atoms with Crippen LogP contribution in [0.4, 0.5) is 0 Å². The van der Waals surface area contributed by atoms with Crippen LogP contribution in [-0.2, 0) is 4.79 Å². The lowest BCUT2D eigenvalue weighted by molar-refractivity contribution is -0.139. The Balaban J connectivity index is 2.61. The lowest BCUT2D eigenvalue weighted by Gasteiger charge is -2.44. The number of nitrogens with zero attached hydrogens (tertiary/aromatic N) is 2. The minimum atomic E-state index is -0.663. The second-order valence-corrected chi connectivity index (χ2v) is 6.31. The molecule has 0 aromatic carbocycles. The number of carbonyl (C=O) groups excluding carboxylic acids is 1. The molecule has 0 aliphatic carbocycles. The molecule has 4 nitrogen and oxygen atoms in total. The first-order chi connectivity index (χ1) is 8.24. The quantitative estimate of drug-likeness (QED) is 0.830. The van der Waals surface area contributed by atoms with E-state index in [9.17, 15) is 4.79 Å². The number of piperazine rings is 1. The van der Waals surface area contributed by atoms with E-state index in [0.717, 1.165) is 26.2 Å². The van der Waals surface area contributed by atoms with E-state index in [1.54, 1.807) is 0 Å². The van der Waals surface area contributed by atoms with Crippen LogP contribution in [-0.4, -0.2) is 53.0 Å². The van der Waals surface area contributed by atoms with Gasteiger partial charge < -0.3 is 10.6 Å². The second kappa shape index (κ2) is 5.57. The number of hydrogen-bond acceptors (Lipinski definition) is 3. The summed E-state index contributed by atoms with van der Waals surface area (Å²) in [5.41, 5.74) is 5.71. The van der Waals surface area contributed by atoms with E-state index in [1.165, 1.54) is 0 Å². The Morgan fingerprint density at radius 3 is 1.83 bits per heavy atom. The fourth-order valence-corrected chi connectivity index (χ4v) is 2.45. The molecule has 1 fully saturated rings. The predicted molar refractivity (Wildman–Crippen MR) is 75.4 cm³/mol. The lowest BCUT2D eigenvalue weighted by atomic mass is 9.92. The summed E-state index contributed by atoms with van der Waals surface area (Å²) in [5.74, 6) is 0.126. The molecular formula is C14H29N3O. The maximum absolute atomic E-state index is 12.4. The molecule has 0 aromatic rings. The van der Waals surface area contributed by atoms with Gasteiger partial charge in [0.2, 0.25) is 5.91 Å². The fraction of sp³-hybridized carbons (Fsp3) is 0.929. The summed E-state index contributed by atoms with van der Waals surface area (Å²) in [7, 11) is 0. The zero-order valence-corrected chi connectivity index (χ0v) is 12.6. The Morgan fingerprint density at radius 1 is 1.06 bits per heavy atom. The minimum absolute atomic E-state index is 0.126. The zero-order chi connectivity index (χ0) is 14.0. The summed E-state index contributed by atoms with van der Waals surface area (Å²) < 4.78 is 0. The average Bonchev–Trinajstić information content (AvgIpc) is 2.36. The van der Waals surface area contributed by atoms with Crippen molar-refractivity contribution in [2.75, 3.05) is 26.2 Å². The van der Waals surface area contributed by atoms with Crippen LogP contribution in [0.15, 0.2) is 0 Å². The van der Waals surface area contributed by atoms with Crippen LogP contribution < -0.4 is 5.73 Å². The second-order valence-electron chi connectivity index (χ2n) is 6.31. The number of carbonyl (C=O) groups is 1. The Kier molecular flexibility index (Phi) is 4.78. The van der Waals surface area contributed by atoms with Crippen LogP contribution in [0, 0.1) is 0 Å². The third kappa shape index (κ3) is 3.23. The summed E-state index contributed by atoms with van der Waals surface area (Å²) in [6.07, 6.45) is 1.42. The Hall–Kier alpha value is -0.610. The van der Waals surface area contributed by atoms with Gasteiger partial charge in [-0.2, -0.15) is 0 Å². The van der Waals surface area contributed by atoms with E-state index in [2.05, 4.69) is 25.7 Å². The van der Waals surface area contributed by atoms with Crippen LogP contribution in [0.5, 0.6) is 0 Å². The first-order valence-electron chi connectivity index (χ1n) is 7.08. The summed E-state index contributed by atoms with van der Waals surface area (Å²) in [5, 5.41) is 0. The number of amides is 1. The first kappa shape index (κ1) is 15.4. The van der Waals surface area contributed by atoms with Gasteiger partial charge in [-0.05, 0) is 33.6 Å². The fourth-order valence-electron chi connectivity index (χ4n) is 2.45. The number of rotatable bonds is 3.